The van der Waals surface area contributed by atoms with Crippen molar-refractivity contribution in [1.82, 2.24) is 4.90 Å². The van der Waals surface area contributed by atoms with Crippen LogP contribution in [0.2, 0.25) is 10.0 Å². The molecule has 1 unspecified atom stereocenters. The summed E-state index contributed by atoms with van der Waals surface area (Å²) in [6, 6.07) is 3.12. The minimum absolute atomic E-state index is 0.104. The Hall–Kier alpha value is -1.47. The summed E-state index contributed by atoms with van der Waals surface area (Å²) < 4.78 is 37.5. The van der Waals surface area contributed by atoms with Crippen LogP contribution in [0.25, 0.3) is 0 Å². The zero-order valence-electron chi connectivity index (χ0n) is 11.1. The van der Waals surface area contributed by atoms with E-state index in [-0.39, 0.29) is 28.7 Å². The summed E-state index contributed by atoms with van der Waals surface area (Å²) in [4.78, 5) is 24.0. The third kappa shape index (κ3) is 3.84. The highest BCUT2D eigenvalue weighted by atomic mass is 35.5. The summed E-state index contributed by atoms with van der Waals surface area (Å²) in [5.74, 6) is -2.71. The smallest absolute Gasteiger partial charge is 0.324 e. The van der Waals surface area contributed by atoms with Crippen LogP contribution in [0.1, 0.15) is 12.8 Å². The highest BCUT2D eigenvalue weighted by Gasteiger charge is 2.47. The number of likely N-dealkylation sites (tertiary alicyclic amines) is 1. The molecule has 1 aliphatic heterocycles. The van der Waals surface area contributed by atoms with Gasteiger partial charge in [0.2, 0.25) is 5.91 Å². The lowest BCUT2D eigenvalue weighted by molar-refractivity contribution is -0.186. The highest BCUT2D eigenvalue weighted by Crippen LogP contribution is 2.27. The lowest BCUT2D eigenvalue weighted by Gasteiger charge is -2.24. The van der Waals surface area contributed by atoms with Gasteiger partial charge in [-0.25, -0.2) is 0 Å². The van der Waals surface area contributed by atoms with E-state index in [2.05, 4.69) is 5.32 Å². The first-order valence-electron chi connectivity index (χ1n) is 6.33. The third-order valence-corrected chi connectivity index (χ3v) is 3.63. The van der Waals surface area contributed by atoms with E-state index in [0.717, 1.165) is 0 Å². The van der Waals surface area contributed by atoms with Gasteiger partial charge >= 0.3 is 12.1 Å². The Morgan fingerprint density at radius 1 is 1.18 bits per heavy atom. The number of alkyl halides is 3. The van der Waals surface area contributed by atoms with E-state index in [0.29, 0.717) is 11.3 Å². The number of carbonyl (C=O) groups is 2. The van der Waals surface area contributed by atoms with Gasteiger partial charge in [0.25, 0.3) is 0 Å². The van der Waals surface area contributed by atoms with Crippen LogP contribution in [0.3, 0.4) is 0 Å². The van der Waals surface area contributed by atoms with Gasteiger partial charge in [-0.2, -0.15) is 13.2 Å². The molecule has 2 amide bonds. The summed E-state index contributed by atoms with van der Waals surface area (Å²) in [5.41, 5.74) is 0.258. The molecule has 1 fully saturated rings. The van der Waals surface area contributed by atoms with Gasteiger partial charge in [0.1, 0.15) is 6.04 Å². The van der Waals surface area contributed by atoms with Crippen molar-refractivity contribution < 1.29 is 22.8 Å². The maximum atomic E-state index is 12.5. The van der Waals surface area contributed by atoms with Crippen molar-refractivity contribution in [3.05, 3.63) is 28.2 Å². The van der Waals surface area contributed by atoms with Gasteiger partial charge in [-0.3, -0.25) is 9.59 Å². The monoisotopic (exact) mass is 354 g/mol. The minimum atomic E-state index is -5.00. The van der Waals surface area contributed by atoms with Crippen molar-refractivity contribution in [3.8, 4) is 0 Å². The van der Waals surface area contributed by atoms with Crippen molar-refractivity contribution in [2.75, 3.05) is 11.9 Å². The Labute approximate surface area is 134 Å². The molecule has 1 heterocycles. The molecule has 1 N–H and O–H groups in total. The van der Waals surface area contributed by atoms with Crippen LogP contribution >= 0.6 is 23.2 Å². The fourth-order valence-corrected chi connectivity index (χ4v) is 2.82. The predicted molar refractivity (Wildman–Crippen MR) is 75.9 cm³/mol. The Kier molecular flexibility index (Phi) is 4.87. The second-order valence-electron chi connectivity index (χ2n) is 4.80. The predicted octanol–water partition coefficient (Wildman–Crippen LogP) is 3.49. The first-order chi connectivity index (χ1) is 10.2. The molecule has 9 heteroatoms. The maximum absolute atomic E-state index is 12.5. The van der Waals surface area contributed by atoms with Crippen molar-refractivity contribution in [2.45, 2.75) is 25.1 Å². The van der Waals surface area contributed by atoms with Crippen LogP contribution in [0.5, 0.6) is 0 Å². The normalized spacial score (nSPS) is 18.4. The summed E-state index contributed by atoms with van der Waals surface area (Å²) in [6.07, 6.45) is -4.50. The fraction of sp³-hybridized carbons (Fsp3) is 0.385. The number of halogens is 5. The summed E-state index contributed by atoms with van der Waals surface area (Å²) in [6.45, 7) is -0.104. The molecule has 0 aromatic heterocycles. The van der Waals surface area contributed by atoms with Crippen LogP contribution < -0.4 is 5.32 Å². The number of carbonyl (C=O) groups excluding carboxylic acids is 2. The lowest BCUT2D eigenvalue weighted by atomic mass is 10.2. The van der Waals surface area contributed by atoms with Crippen LogP contribution in [0, 0.1) is 0 Å². The van der Waals surface area contributed by atoms with Gasteiger partial charge in [-0.15, -0.1) is 0 Å². The molecule has 1 aromatic rings. The Bertz CT molecular complexity index is 587. The molecule has 0 spiro atoms. The molecular weight excluding hydrogens is 344 g/mol. The van der Waals surface area contributed by atoms with Crippen LogP contribution in [-0.2, 0) is 9.59 Å². The Morgan fingerprint density at radius 2 is 1.77 bits per heavy atom. The van der Waals surface area contributed by atoms with Gasteiger partial charge in [0.05, 0.1) is 0 Å². The second-order valence-corrected chi connectivity index (χ2v) is 5.67. The minimum Gasteiger partial charge on any atom is -0.324 e. The van der Waals surface area contributed by atoms with E-state index in [1.54, 1.807) is 0 Å². The quantitative estimate of drug-likeness (QED) is 0.883. The first-order valence-corrected chi connectivity index (χ1v) is 7.09. The average Bonchev–Trinajstić information content (AvgIpc) is 2.84. The zero-order chi connectivity index (χ0) is 16.5. The molecule has 22 heavy (non-hydrogen) atoms. The summed E-state index contributed by atoms with van der Waals surface area (Å²) >= 11 is 11.6. The largest absolute Gasteiger partial charge is 0.471 e. The Morgan fingerprint density at radius 3 is 2.32 bits per heavy atom. The van der Waals surface area contributed by atoms with E-state index in [1.165, 1.54) is 18.2 Å². The third-order valence-electron chi connectivity index (χ3n) is 3.19. The van der Waals surface area contributed by atoms with Gasteiger partial charge in [-0.1, -0.05) is 23.2 Å². The number of rotatable bonds is 2. The van der Waals surface area contributed by atoms with Gasteiger partial charge in [0, 0.05) is 22.3 Å². The molecule has 0 radical (unpaired) electrons. The molecule has 1 saturated heterocycles. The molecule has 2 rings (SSSR count). The SMILES string of the molecule is O=C(Nc1cc(Cl)cc(Cl)c1)C1CCCN1C(=O)C(F)(F)F. The Balaban J connectivity index is 2.13. The summed E-state index contributed by atoms with van der Waals surface area (Å²) in [5, 5.41) is 2.98. The molecule has 0 aliphatic carbocycles. The highest BCUT2D eigenvalue weighted by molar-refractivity contribution is 6.35. The number of amides is 2. The second kappa shape index (κ2) is 6.34. The standard InChI is InChI=1S/C13H11Cl2F3N2O2/c14-7-4-8(15)6-9(5-7)19-11(21)10-2-1-3-20(10)12(22)13(16,17)18/h4-6,10H,1-3H2,(H,19,21). The number of hydrogen-bond donors (Lipinski definition) is 1. The van der Waals surface area contributed by atoms with E-state index >= 15 is 0 Å². The summed E-state index contributed by atoms with van der Waals surface area (Å²) in [7, 11) is 0. The van der Waals surface area contributed by atoms with E-state index < -0.39 is 24.0 Å². The maximum Gasteiger partial charge on any atom is 0.471 e. The molecule has 1 aliphatic rings. The first kappa shape index (κ1) is 16.9. The van der Waals surface area contributed by atoms with Crippen molar-refractivity contribution in [1.29, 1.82) is 0 Å². The molecule has 1 atom stereocenters. The van der Waals surface area contributed by atoms with Crippen LogP contribution in [-0.4, -0.2) is 35.5 Å². The fourth-order valence-electron chi connectivity index (χ4n) is 2.30. The van der Waals surface area contributed by atoms with Crippen LogP contribution in [0.4, 0.5) is 18.9 Å². The average molecular weight is 355 g/mol. The molecule has 120 valence electrons. The van der Waals surface area contributed by atoms with Gasteiger partial charge < -0.3 is 10.2 Å². The van der Waals surface area contributed by atoms with Crippen molar-refractivity contribution >= 4 is 40.7 Å². The molecular formula is C13H11Cl2F3N2O2. The number of anilines is 1. The zero-order valence-corrected chi connectivity index (χ0v) is 12.6. The molecule has 1 aromatic carbocycles. The number of hydrogen-bond acceptors (Lipinski definition) is 2. The lowest BCUT2D eigenvalue weighted by Crippen LogP contribution is -2.48. The van der Waals surface area contributed by atoms with E-state index in [1.807, 2.05) is 0 Å². The molecule has 0 saturated carbocycles. The van der Waals surface area contributed by atoms with E-state index in [9.17, 15) is 22.8 Å². The van der Waals surface area contributed by atoms with Crippen LogP contribution in [0.15, 0.2) is 18.2 Å². The van der Waals surface area contributed by atoms with Crippen molar-refractivity contribution in [3.63, 3.8) is 0 Å². The van der Waals surface area contributed by atoms with Gasteiger partial charge in [-0.05, 0) is 31.0 Å². The number of benzene rings is 1. The number of nitrogens with zero attached hydrogens (tertiary/aromatic N) is 1. The van der Waals surface area contributed by atoms with Gasteiger partial charge in [0.15, 0.2) is 0 Å². The topological polar surface area (TPSA) is 49.4 Å². The van der Waals surface area contributed by atoms with E-state index in [4.69, 9.17) is 23.2 Å². The van der Waals surface area contributed by atoms with Crippen molar-refractivity contribution in [2.24, 2.45) is 0 Å². The molecule has 4 nitrogen and oxygen atoms in total. The molecule has 0 bridgehead atoms. The number of nitrogens with one attached hydrogen (secondary N) is 1.